The third-order valence-electron chi connectivity index (χ3n) is 3.96. The Morgan fingerprint density at radius 1 is 1.10 bits per heavy atom. The largest absolute Gasteiger partial charge is 0.454 e. The van der Waals surface area contributed by atoms with Crippen molar-refractivity contribution in [2.75, 3.05) is 19.9 Å². The summed E-state index contributed by atoms with van der Waals surface area (Å²) < 4.78 is 10.9. The number of fused-ring (bicyclic) bond motifs is 1. The van der Waals surface area contributed by atoms with Crippen LogP contribution in [0.2, 0.25) is 0 Å². The minimum Gasteiger partial charge on any atom is -0.454 e. The summed E-state index contributed by atoms with van der Waals surface area (Å²) in [5.41, 5.74) is 1.35. The number of nitrogens with zero attached hydrogens (tertiary/aromatic N) is 1. The van der Waals surface area contributed by atoms with E-state index in [-0.39, 0.29) is 0 Å². The zero-order valence-corrected chi connectivity index (χ0v) is 13.0. The van der Waals surface area contributed by atoms with Gasteiger partial charge in [-0.1, -0.05) is 33.3 Å². The van der Waals surface area contributed by atoms with E-state index >= 15 is 0 Å². The maximum atomic E-state index is 5.48. The molecule has 1 heterocycles. The topological polar surface area (TPSA) is 21.7 Å². The van der Waals surface area contributed by atoms with Crippen LogP contribution >= 0.6 is 0 Å². The molecule has 3 nitrogen and oxygen atoms in total. The summed E-state index contributed by atoms with van der Waals surface area (Å²) in [4.78, 5) is 2.61. The molecule has 20 heavy (non-hydrogen) atoms. The second-order valence-electron chi connectivity index (χ2n) is 5.46. The van der Waals surface area contributed by atoms with Crippen molar-refractivity contribution in [3.63, 3.8) is 0 Å². The molecule has 0 saturated heterocycles. The van der Waals surface area contributed by atoms with Gasteiger partial charge in [0.05, 0.1) is 0 Å². The number of rotatable bonds is 8. The van der Waals surface area contributed by atoms with E-state index in [1.807, 2.05) is 6.07 Å². The molecule has 0 amide bonds. The van der Waals surface area contributed by atoms with Gasteiger partial charge in [-0.2, -0.15) is 0 Å². The normalized spacial score (nSPS) is 14.8. The smallest absolute Gasteiger partial charge is 0.231 e. The lowest BCUT2D eigenvalue weighted by Gasteiger charge is -2.30. The van der Waals surface area contributed by atoms with Crippen LogP contribution in [0, 0.1) is 0 Å². The summed E-state index contributed by atoms with van der Waals surface area (Å²) in [6, 6.07) is 6.99. The summed E-state index contributed by atoms with van der Waals surface area (Å²) in [5, 5.41) is 0. The predicted molar refractivity (Wildman–Crippen MR) is 82.5 cm³/mol. The van der Waals surface area contributed by atoms with Crippen molar-refractivity contribution < 1.29 is 9.47 Å². The Morgan fingerprint density at radius 2 is 1.90 bits per heavy atom. The maximum Gasteiger partial charge on any atom is 0.231 e. The van der Waals surface area contributed by atoms with Crippen molar-refractivity contribution in [3.05, 3.63) is 23.8 Å². The molecule has 0 bridgehead atoms. The van der Waals surface area contributed by atoms with Gasteiger partial charge in [0.1, 0.15) is 0 Å². The van der Waals surface area contributed by atoms with Gasteiger partial charge in [-0.05, 0) is 50.0 Å². The Balaban J connectivity index is 2.06. The van der Waals surface area contributed by atoms with Crippen LogP contribution < -0.4 is 9.47 Å². The molecule has 3 heteroatoms. The number of likely N-dealkylation sites (N-methyl/N-ethyl adjacent to an activating group) is 1. The van der Waals surface area contributed by atoms with Gasteiger partial charge in [0.25, 0.3) is 0 Å². The molecule has 0 aliphatic carbocycles. The van der Waals surface area contributed by atoms with Crippen molar-refractivity contribution in [2.45, 2.75) is 52.5 Å². The fourth-order valence-electron chi connectivity index (χ4n) is 2.97. The van der Waals surface area contributed by atoms with E-state index in [9.17, 15) is 0 Å². The molecule has 0 fully saturated rings. The van der Waals surface area contributed by atoms with Crippen LogP contribution in [0.1, 0.15) is 45.6 Å². The Labute approximate surface area is 122 Å². The quantitative estimate of drug-likeness (QED) is 0.720. The number of hydrogen-bond donors (Lipinski definition) is 0. The van der Waals surface area contributed by atoms with Gasteiger partial charge in [-0.15, -0.1) is 0 Å². The first-order valence-electron chi connectivity index (χ1n) is 7.91. The zero-order chi connectivity index (χ0) is 14.4. The molecule has 2 rings (SSSR count). The zero-order valence-electron chi connectivity index (χ0n) is 13.0. The number of ether oxygens (including phenoxy) is 2. The lowest BCUT2D eigenvalue weighted by Crippen LogP contribution is -2.37. The van der Waals surface area contributed by atoms with Gasteiger partial charge >= 0.3 is 0 Å². The Morgan fingerprint density at radius 3 is 2.60 bits per heavy atom. The summed E-state index contributed by atoms with van der Waals surface area (Å²) in [6.07, 6.45) is 4.80. The molecular weight excluding hydrogens is 250 g/mol. The van der Waals surface area contributed by atoms with E-state index in [1.165, 1.54) is 31.4 Å². The first kappa shape index (κ1) is 15.2. The lowest BCUT2D eigenvalue weighted by atomic mass is 10.00. The molecule has 1 aliphatic heterocycles. The summed E-state index contributed by atoms with van der Waals surface area (Å²) in [7, 11) is 0. The Bertz CT molecular complexity index is 419. The predicted octanol–water partition coefficient (Wildman–Crippen LogP) is 3.86. The number of benzene rings is 1. The minimum absolute atomic E-state index is 0.355. The molecule has 0 radical (unpaired) electrons. The molecule has 0 saturated carbocycles. The van der Waals surface area contributed by atoms with Gasteiger partial charge in [0.15, 0.2) is 11.5 Å². The van der Waals surface area contributed by atoms with Crippen molar-refractivity contribution in [2.24, 2.45) is 0 Å². The third-order valence-corrected chi connectivity index (χ3v) is 3.96. The van der Waals surface area contributed by atoms with Crippen LogP contribution in [-0.2, 0) is 6.42 Å². The maximum absolute atomic E-state index is 5.48. The standard InChI is InChI=1S/C17H27NO2/c1-4-7-15(18(6-3)10-5-2)11-14-8-9-16-17(12-14)20-13-19-16/h8-9,12,15H,4-7,10-11,13H2,1-3H3. The lowest BCUT2D eigenvalue weighted by molar-refractivity contribution is 0.174. The molecular formula is C17H27NO2. The second-order valence-corrected chi connectivity index (χ2v) is 5.46. The van der Waals surface area contributed by atoms with E-state index < -0.39 is 0 Å². The van der Waals surface area contributed by atoms with Crippen molar-refractivity contribution >= 4 is 0 Å². The SMILES string of the molecule is CCCC(Cc1ccc2c(c1)OCO2)N(CC)CCC. The highest BCUT2D eigenvalue weighted by atomic mass is 16.7. The minimum atomic E-state index is 0.355. The van der Waals surface area contributed by atoms with E-state index in [4.69, 9.17) is 9.47 Å². The van der Waals surface area contributed by atoms with Crippen LogP contribution in [0.3, 0.4) is 0 Å². The van der Waals surface area contributed by atoms with Gasteiger partial charge in [-0.25, -0.2) is 0 Å². The summed E-state index contributed by atoms with van der Waals surface area (Å²) >= 11 is 0. The first-order valence-corrected chi connectivity index (χ1v) is 7.91. The van der Waals surface area contributed by atoms with Crippen LogP contribution in [0.4, 0.5) is 0 Å². The Hall–Kier alpha value is -1.22. The fraction of sp³-hybridized carbons (Fsp3) is 0.647. The summed E-state index contributed by atoms with van der Waals surface area (Å²) in [6.45, 7) is 9.46. The number of hydrogen-bond acceptors (Lipinski definition) is 3. The van der Waals surface area contributed by atoms with Crippen LogP contribution in [0.15, 0.2) is 18.2 Å². The van der Waals surface area contributed by atoms with E-state index in [1.54, 1.807) is 0 Å². The van der Waals surface area contributed by atoms with Gasteiger partial charge < -0.3 is 14.4 Å². The molecule has 1 aromatic rings. The van der Waals surface area contributed by atoms with Gasteiger partial charge in [0, 0.05) is 6.04 Å². The van der Waals surface area contributed by atoms with Gasteiger partial charge in [0.2, 0.25) is 6.79 Å². The average Bonchev–Trinajstić information content (AvgIpc) is 2.92. The van der Waals surface area contributed by atoms with E-state index in [0.717, 1.165) is 24.5 Å². The molecule has 1 aromatic carbocycles. The van der Waals surface area contributed by atoms with Crippen molar-refractivity contribution in [3.8, 4) is 11.5 Å². The van der Waals surface area contributed by atoms with Crippen LogP contribution in [-0.4, -0.2) is 30.8 Å². The highest BCUT2D eigenvalue weighted by Crippen LogP contribution is 2.33. The average molecular weight is 277 g/mol. The highest BCUT2D eigenvalue weighted by Gasteiger charge is 2.18. The third kappa shape index (κ3) is 3.66. The summed E-state index contributed by atoms with van der Waals surface area (Å²) in [5.74, 6) is 1.78. The first-order chi connectivity index (χ1) is 9.78. The van der Waals surface area contributed by atoms with Gasteiger partial charge in [-0.3, -0.25) is 0 Å². The molecule has 0 aromatic heterocycles. The van der Waals surface area contributed by atoms with Crippen LogP contribution in [0.5, 0.6) is 11.5 Å². The molecule has 1 atom stereocenters. The second kappa shape index (κ2) is 7.53. The van der Waals surface area contributed by atoms with E-state index in [0.29, 0.717) is 12.8 Å². The van der Waals surface area contributed by atoms with E-state index in [2.05, 4.69) is 37.8 Å². The highest BCUT2D eigenvalue weighted by molar-refractivity contribution is 5.44. The van der Waals surface area contributed by atoms with Crippen LogP contribution in [0.25, 0.3) is 0 Å². The monoisotopic (exact) mass is 277 g/mol. The van der Waals surface area contributed by atoms with Crippen molar-refractivity contribution in [1.82, 2.24) is 4.90 Å². The molecule has 112 valence electrons. The fourth-order valence-corrected chi connectivity index (χ4v) is 2.97. The Kier molecular flexibility index (Phi) is 5.72. The molecule has 0 spiro atoms. The molecule has 1 aliphatic rings. The molecule has 0 N–H and O–H groups in total. The molecule has 1 unspecified atom stereocenters. The van der Waals surface area contributed by atoms with Crippen molar-refractivity contribution in [1.29, 1.82) is 0 Å².